The Morgan fingerprint density at radius 2 is 1.95 bits per heavy atom. The topological polar surface area (TPSA) is 59.0 Å². The zero-order valence-electron chi connectivity index (χ0n) is 11.3. The number of nitrogens with two attached hydrogens (primary N) is 1. The van der Waals surface area contributed by atoms with Gasteiger partial charge in [-0.25, -0.2) is 0 Å². The van der Waals surface area contributed by atoms with E-state index in [4.69, 9.17) is 15.7 Å². The summed E-state index contributed by atoms with van der Waals surface area (Å²) < 4.78 is 5.83. The standard InChI is InChI=1S/C16H22N2O/c17-9-13-5-1-3-7-15(13)11-19-12-16-8-4-2-6-14(16)10-18/h1,3,5,7,14,16H,2,4,6,8,10-12,18H2. The minimum Gasteiger partial charge on any atom is -0.376 e. The molecule has 1 aliphatic carbocycles. The largest absolute Gasteiger partial charge is 0.376 e. The third-order valence-electron chi connectivity index (χ3n) is 4.10. The Morgan fingerprint density at radius 3 is 2.68 bits per heavy atom. The summed E-state index contributed by atoms with van der Waals surface area (Å²) in [6, 6.07) is 9.83. The highest BCUT2D eigenvalue weighted by atomic mass is 16.5. The highest BCUT2D eigenvalue weighted by molar-refractivity contribution is 5.36. The summed E-state index contributed by atoms with van der Waals surface area (Å²) in [6.07, 6.45) is 5.05. The number of ether oxygens (including phenoxy) is 1. The molecule has 0 radical (unpaired) electrons. The molecule has 0 heterocycles. The van der Waals surface area contributed by atoms with Crippen molar-refractivity contribution in [2.45, 2.75) is 32.3 Å². The van der Waals surface area contributed by atoms with Crippen LogP contribution in [0.5, 0.6) is 0 Å². The highest BCUT2D eigenvalue weighted by Gasteiger charge is 2.23. The minimum atomic E-state index is 0.525. The molecule has 1 saturated carbocycles. The van der Waals surface area contributed by atoms with Crippen molar-refractivity contribution in [3.05, 3.63) is 35.4 Å². The number of benzene rings is 1. The second-order valence-corrected chi connectivity index (χ2v) is 5.32. The monoisotopic (exact) mass is 258 g/mol. The van der Waals surface area contributed by atoms with Gasteiger partial charge in [0, 0.05) is 0 Å². The zero-order valence-corrected chi connectivity index (χ0v) is 11.3. The van der Waals surface area contributed by atoms with Crippen molar-refractivity contribution in [3.63, 3.8) is 0 Å². The Labute approximate surface area is 115 Å². The normalized spacial score (nSPS) is 22.9. The molecule has 0 saturated heterocycles. The van der Waals surface area contributed by atoms with Crippen LogP contribution in [0.1, 0.15) is 36.8 Å². The molecule has 0 aliphatic heterocycles. The van der Waals surface area contributed by atoms with Gasteiger partial charge < -0.3 is 10.5 Å². The Morgan fingerprint density at radius 1 is 1.21 bits per heavy atom. The third kappa shape index (κ3) is 3.79. The molecule has 19 heavy (non-hydrogen) atoms. The molecule has 1 aliphatic rings. The average molecular weight is 258 g/mol. The molecular weight excluding hydrogens is 236 g/mol. The molecule has 1 aromatic carbocycles. The zero-order chi connectivity index (χ0) is 13.5. The molecule has 0 aromatic heterocycles. The molecule has 2 N–H and O–H groups in total. The van der Waals surface area contributed by atoms with Gasteiger partial charge in [-0.15, -0.1) is 0 Å². The van der Waals surface area contributed by atoms with Crippen LogP contribution in [-0.2, 0) is 11.3 Å². The average Bonchev–Trinajstić information content (AvgIpc) is 2.48. The van der Waals surface area contributed by atoms with Gasteiger partial charge in [0.1, 0.15) is 0 Å². The Hall–Kier alpha value is -1.37. The minimum absolute atomic E-state index is 0.525. The van der Waals surface area contributed by atoms with Gasteiger partial charge in [-0.05, 0) is 42.9 Å². The lowest BCUT2D eigenvalue weighted by Gasteiger charge is -2.30. The second-order valence-electron chi connectivity index (χ2n) is 5.32. The predicted octanol–water partition coefficient (Wildman–Crippen LogP) is 2.84. The van der Waals surface area contributed by atoms with Crippen LogP contribution in [0.2, 0.25) is 0 Å². The molecule has 3 nitrogen and oxygen atoms in total. The quantitative estimate of drug-likeness (QED) is 0.883. The van der Waals surface area contributed by atoms with E-state index in [0.717, 1.165) is 18.7 Å². The lowest BCUT2D eigenvalue weighted by atomic mass is 9.80. The van der Waals surface area contributed by atoms with Crippen LogP contribution in [-0.4, -0.2) is 13.2 Å². The molecule has 0 spiro atoms. The van der Waals surface area contributed by atoms with Crippen LogP contribution in [0.3, 0.4) is 0 Å². The molecule has 2 atom stereocenters. The van der Waals surface area contributed by atoms with E-state index in [1.165, 1.54) is 25.7 Å². The molecule has 1 fully saturated rings. The lowest BCUT2D eigenvalue weighted by molar-refractivity contribution is 0.0511. The summed E-state index contributed by atoms with van der Waals surface area (Å²) in [6.45, 7) is 2.06. The number of nitrogens with zero attached hydrogens (tertiary/aromatic N) is 1. The van der Waals surface area contributed by atoms with Crippen molar-refractivity contribution in [2.24, 2.45) is 17.6 Å². The number of hydrogen-bond acceptors (Lipinski definition) is 3. The van der Waals surface area contributed by atoms with E-state index in [0.29, 0.717) is 24.0 Å². The second kappa shape index (κ2) is 7.28. The van der Waals surface area contributed by atoms with Crippen LogP contribution in [0.15, 0.2) is 24.3 Å². The van der Waals surface area contributed by atoms with E-state index in [1.807, 2.05) is 24.3 Å². The molecule has 3 heteroatoms. The lowest BCUT2D eigenvalue weighted by Crippen LogP contribution is -2.29. The predicted molar refractivity (Wildman–Crippen MR) is 75.3 cm³/mol. The summed E-state index contributed by atoms with van der Waals surface area (Å²) in [5.41, 5.74) is 7.51. The molecule has 0 bridgehead atoms. The maximum Gasteiger partial charge on any atom is 0.0995 e. The molecule has 2 unspecified atom stereocenters. The van der Waals surface area contributed by atoms with Gasteiger partial charge >= 0.3 is 0 Å². The summed E-state index contributed by atoms with van der Waals surface area (Å²) in [7, 11) is 0. The maximum atomic E-state index is 9.02. The van der Waals surface area contributed by atoms with Crippen LogP contribution >= 0.6 is 0 Å². The Kier molecular flexibility index (Phi) is 5.38. The van der Waals surface area contributed by atoms with Crippen LogP contribution < -0.4 is 5.73 Å². The summed E-state index contributed by atoms with van der Waals surface area (Å²) in [5.74, 6) is 1.20. The third-order valence-corrected chi connectivity index (χ3v) is 4.10. The molecule has 1 aromatic rings. The van der Waals surface area contributed by atoms with Crippen molar-refractivity contribution in [1.29, 1.82) is 5.26 Å². The van der Waals surface area contributed by atoms with E-state index in [2.05, 4.69) is 6.07 Å². The first kappa shape index (κ1) is 14.0. The van der Waals surface area contributed by atoms with Crippen LogP contribution in [0, 0.1) is 23.2 Å². The van der Waals surface area contributed by atoms with Crippen molar-refractivity contribution < 1.29 is 4.74 Å². The first-order chi connectivity index (χ1) is 9.35. The van der Waals surface area contributed by atoms with Gasteiger partial charge in [0.15, 0.2) is 0 Å². The number of hydrogen-bond donors (Lipinski definition) is 1. The first-order valence-corrected chi connectivity index (χ1v) is 7.11. The first-order valence-electron chi connectivity index (χ1n) is 7.11. The van der Waals surface area contributed by atoms with Gasteiger partial charge in [0.05, 0.1) is 24.8 Å². The van der Waals surface area contributed by atoms with E-state index in [9.17, 15) is 0 Å². The van der Waals surface area contributed by atoms with Crippen molar-refractivity contribution in [1.82, 2.24) is 0 Å². The highest BCUT2D eigenvalue weighted by Crippen LogP contribution is 2.29. The molecular formula is C16H22N2O. The fraction of sp³-hybridized carbons (Fsp3) is 0.562. The van der Waals surface area contributed by atoms with Crippen molar-refractivity contribution in [3.8, 4) is 6.07 Å². The van der Waals surface area contributed by atoms with Gasteiger partial charge in [-0.1, -0.05) is 31.0 Å². The fourth-order valence-corrected chi connectivity index (χ4v) is 2.89. The van der Waals surface area contributed by atoms with Crippen LogP contribution in [0.25, 0.3) is 0 Å². The van der Waals surface area contributed by atoms with Gasteiger partial charge in [0.2, 0.25) is 0 Å². The summed E-state index contributed by atoms with van der Waals surface area (Å²) in [5, 5.41) is 9.02. The Balaban J connectivity index is 1.84. The summed E-state index contributed by atoms with van der Waals surface area (Å²) in [4.78, 5) is 0. The van der Waals surface area contributed by atoms with E-state index in [-0.39, 0.29) is 0 Å². The van der Waals surface area contributed by atoms with Crippen molar-refractivity contribution in [2.75, 3.05) is 13.2 Å². The van der Waals surface area contributed by atoms with Gasteiger partial charge in [0.25, 0.3) is 0 Å². The van der Waals surface area contributed by atoms with E-state index in [1.54, 1.807) is 0 Å². The molecule has 2 rings (SSSR count). The number of nitriles is 1. The molecule has 0 amide bonds. The van der Waals surface area contributed by atoms with Gasteiger partial charge in [-0.2, -0.15) is 5.26 Å². The van der Waals surface area contributed by atoms with Crippen molar-refractivity contribution >= 4 is 0 Å². The van der Waals surface area contributed by atoms with Crippen LogP contribution in [0.4, 0.5) is 0 Å². The maximum absolute atomic E-state index is 9.02. The fourth-order valence-electron chi connectivity index (χ4n) is 2.89. The summed E-state index contributed by atoms with van der Waals surface area (Å²) >= 11 is 0. The molecule has 102 valence electrons. The smallest absolute Gasteiger partial charge is 0.0995 e. The van der Waals surface area contributed by atoms with E-state index >= 15 is 0 Å². The van der Waals surface area contributed by atoms with E-state index < -0.39 is 0 Å². The van der Waals surface area contributed by atoms with Gasteiger partial charge in [-0.3, -0.25) is 0 Å². The SMILES string of the molecule is N#Cc1ccccc1COCC1CCCCC1CN. The number of rotatable bonds is 5. The Bertz CT molecular complexity index is 439.